The fourth-order valence-corrected chi connectivity index (χ4v) is 3.72. The SMILES string of the molecule is CC(C)Cc1cc(CC[Si](C)(C)C)c(CC(C)C)cc1O. The second kappa shape index (κ2) is 7.48. The molecule has 21 heavy (non-hydrogen) atoms. The molecule has 0 atom stereocenters. The number of benzene rings is 1. The van der Waals surface area contributed by atoms with Crippen LogP contribution >= 0.6 is 0 Å². The van der Waals surface area contributed by atoms with E-state index in [0.717, 1.165) is 18.4 Å². The Labute approximate surface area is 132 Å². The first-order valence-corrected chi connectivity index (χ1v) is 12.1. The molecule has 0 aromatic heterocycles. The molecule has 0 amide bonds. The van der Waals surface area contributed by atoms with E-state index in [1.165, 1.54) is 23.6 Å². The van der Waals surface area contributed by atoms with Gasteiger partial charge in [0.05, 0.1) is 0 Å². The van der Waals surface area contributed by atoms with Crippen LogP contribution in [0.15, 0.2) is 12.1 Å². The third kappa shape index (κ3) is 6.69. The molecule has 1 rings (SSSR count). The van der Waals surface area contributed by atoms with Crippen molar-refractivity contribution >= 4 is 8.07 Å². The zero-order valence-electron chi connectivity index (χ0n) is 15.1. The summed E-state index contributed by atoms with van der Waals surface area (Å²) in [6, 6.07) is 5.65. The van der Waals surface area contributed by atoms with E-state index in [0.29, 0.717) is 17.6 Å². The maximum Gasteiger partial charge on any atom is 0.119 e. The Hall–Kier alpha value is -0.763. The van der Waals surface area contributed by atoms with Crippen LogP contribution in [-0.2, 0) is 19.3 Å². The average molecular weight is 307 g/mol. The number of phenols is 1. The van der Waals surface area contributed by atoms with E-state index in [9.17, 15) is 5.11 Å². The Bertz CT molecular complexity index is 455. The minimum Gasteiger partial charge on any atom is -0.508 e. The zero-order chi connectivity index (χ0) is 16.2. The summed E-state index contributed by atoms with van der Waals surface area (Å²) in [6.07, 6.45) is 3.20. The van der Waals surface area contributed by atoms with Crippen LogP contribution in [-0.4, -0.2) is 13.2 Å². The topological polar surface area (TPSA) is 20.2 Å². The van der Waals surface area contributed by atoms with Gasteiger partial charge >= 0.3 is 0 Å². The molecule has 0 fully saturated rings. The average Bonchev–Trinajstić information content (AvgIpc) is 2.28. The Balaban J connectivity index is 3.08. The van der Waals surface area contributed by atoms with Gasteiger partial charge in [-0.05, 0) is 53.9 Å². The van der Waals surface area contributed by atoms with Crippen molar-refractivity contribution in [1.29, 1.82) is 0 Å². The van der Waals surface area contributed by atoms with Crippen molar-refractivity contribution in [2.24, 2.45) is 11.8 Å². The van der Waals surface area contributed by atoms with Crippen molar-refractivity contribution in [3.8, 4) is 5.75 Å². The largest absolute Gasteiger partial charge is 0.508 e. The van der Waals surface area contributed by atoms with Crippen LogP contribution in [0.1, 0.15) is 44.4 Å². The number of hydrogen-bond donors (Lipinski definition) is 1. The standard InChI is InChI=1S/C19H34OSi/c1-14(2)10-17-13-19(20)18(11-15(3)4)12-16(17)8-9-21(5,6)7/h12-15,20H,8-11H2,1-7H3. The van der Waals surface area contributed by atoms with E-state index in [1.54, 1.807) is 0 Å². The smallest absolute Gasteiger partial charge is 0.119 e. The highest BCUT2D eigenvalue weighted by atomic mass is 28.3. The maximum atomic E-state index is 10.3. The summed E-state index contributed by atoms with van der Waals surface area (Å²) in [5.41, 5.74) is 3.95. The molecule has 0 saturated heterocycles. The molecule has 120 valence electrons. The lowest BCUT2D eigenvalue weighted by Crippen LogP contribution is -2.20. The predicted octanol–water partition coefficient (Wildman–Crippen LogP) is 5.67. The van der Waals surface area contributed by atoms with Crippen LogP contribution in [0.3, 0.4) is 0 Å². The van der Waals surface area contributed by atoms with E-state index in [4.69, 9.17) is 0 Å². The third-order valence-corrected chi connectivity index (χ3v) is 5.55. The molecule has 0 heterocycles. The molecule has 1 nitrogen and oxygen atoms in total. The number of aromatic hydroxyl groups is 1. The molecule has 0 aliphatic rings. The minimum atomic E-state index is -1.03. The van der Waals surface area contributed by atoms with Crippen molar-refractivity contribution in [3.63, 3.8) is 0 Å². The van der Waals surface area contributed by atoms with Crippen molar-refractivity contribution in [1.82, 2.24) is 0 Å². The molecule has 0 spiro atoms. The second-order valence-electron chi connectivity index (χ2n) is 8.51. The summed E-state index contributed by atoms with van der Waals surface area (Å²) in [5.74, 6) is 1.71. The summed E-state index contributed by atoms with van der Waals surface area (Å²) in [5, 5.41) is 10.3. The summed E-state index contributed by atoms with van der Waals surface area (Å²) < 4.78 is 0. The van der Waals surface area contributed by atoms with Crippen molar-refractivity contribution in [2.45, 2.75) is 72.6 Å². The van der Waals surface area contributed by atoms with Gasteiger partial charge in [0.15, 0.2) is 0 Å². The van der Waals surface area contributed by atoms with Gasteiger partial charge in [0, 0.05) is 8.07 Å². The first kappa shape index (κ1) is 18.3. The molecule has 0 saturated carbocycles. The predicted molar refractivity (Wildman–Crippen MR) is 97.0 cm³/mol. The highest BCUT2D eigenvalue weighted by Crippen LogP contribution is 2.28. The Morgan fingerprint density at radius 2 is 1.38 bits per heavy atom. The quantitative estimate of drug-likeness (QED) is 0.643. The first-order chi connectivity index (χ1) is 9.58. The van der Waals surface area contributed by atoms with Crippen LogP contribution in [0.25, 0.3) is 0 Å². The Morgan fingerprint density at radius 3 is 1.86 bits per heavy atom. The van der Waals surface area contributed by atoms with Gasteiger partial charge in [0.25, 0.3) is 0 Å². The van der Waals surface area contributed by atoms with E-state index in [1.807, 2.05) is 6.07 Å². The fraction of sp³-hybridized carbons (Fsp3) is 0.684. The summed E-state index contributed by atoms with van der Waals surface area (Å²) in [6.45, 7) is 16.2. The van der Waals surface area contributed by atoms with E-state index in [2.05, 4.69) is 53.4 Å². The van der Waals surface area contributed by atoms with Gasteiger partial charge in [-0.1, -0.05) is 59.4 Å². The second-order valence-corrected chi connectivity index (χ2v) is 14.1. The maximum absolute atomic E-state index is 10.3. The van der Waals surface area contributed by atoms with Crippen LogP contribution in [0.2, 0.25) is 25.7 Å². The van der Waals surface area contributed by atoms with Gasteiger partial charge in [-0.3, -0.25) is 0 Å². The molecule has 1 aromatic carbocycles. The molecule has 1 aromatic rings. The monoisotopic (exact) mass is 306 g/mol. The van der Waals surface area contributed by atoms with Crippen molar-refractivity contribution in [3.05, 3.63) is 28.8 Å². The zero-order valence-corrected chi connectivity index (χ0v) is 16.1. The van der Waals surface area contributed by atoms with Gasteiger partial charge < -0.3 is 5.11 Å². The van der Waals surface area contributed by atoms with Gasteiger partial charge in [-0.15, -0.1) is 0 Å². The van der Waals surface area contributed by atoms with Gasteiger partial charge in [0.2, 0.25) is 0 Å². The normalized spacial score (nSPS) is 12.4. The number of phenolic OH excluding ortho intramolecular Hbond substituents is 1. The van der Waals surface area contributed by atoms with E-state index < -0.39 is 8.07 Å². The highest BCUT2D eigenvalue weighted by molar-refractivity contribution is 6.76. The van der Waals surface area contributed by atoms with Crippen molar-refractivity contribution in [2.75, 3.05) is 0 Å². The fourth-order valence-electron chi connectivity index (χ4n) is 2.70. The van der Waals surface area contributed by atoms with Gasteiger partial charge in [0.1, 0.15) is 5.75 Å². The minimum absolute atomic E-state index is 0.496. The van der Waals surface area contributed by atoms with E-state index >= 15 is 0 Å². The van der Waals surface area contributed by atoms with E-state index in [-0.39, 0.29) is 0 Å². The molecule has 0 unspecified atom stereocenters. The molecule has 0 radical (unpaired) electrons. The van der Waals surface area contributed by atoms with Crippen LogP contribution in [0.4, 0.5) is 0 Å². The summed E-state index contributed by atoms with van der Waals surface area (Å²) in [7, 11) is -1.03. The molecular weight excluding hydrogens is 272 g/mol. The van der Waals surface area contributed by atoms with Crippen LogP contribution < -0.4 is 0 Å². The summed E-state index contributed by atoms with van der Waals surface area (Å²) in [4.78, 5) is 0. The molecule has 1 N–H and O–H groups in total. The molecule has 0 bridgehead atoms. The Morgan fingerprint density at radius 1 is 0.857 bits per heavy atom. The number of rotatable bonds is 7. The molecular formula is C19H34OSi. The third-order valence-electron chi connectivity index (χ3n) is 3.80. The molecule has 0 aliphatic carbocycles. The van der Waals surface area contributed by atoms with Gasteiger partial charge in [-0.25, -0.2) is 0 Å². The molecule has 2 heteroatoms. The lowest BCUT2D eigenvalue weighted by Gasteiger charge is -2.20. The Kier molecular flexibility index (Phi) is 6.52. The van der Waals surface area contributed by atoms with Crippen molar-refractivity contribution < 1.29 is 5.11 Å². The summed E-state index contributed by atoms with van der Waals surface area (Å²) >= 11 is 0. The number of aryl methyl sites for hydroxylation is 1. The highest BCUT2D eigenvalue weighted by Gasteiger charge is 2.16. The number of hydrogen-bond acceptors (Lipinski definition) is 1. The lowest BCUT2D eigenvalue weighted by molar-refractivity contribution is 0.460. The lowest BCUT2D eigenvalue weighted by atomic mass is 9.92. The van der Waals surface area contributed by atoms with Gasteiger partial charge in [-0.2, -0.15) is 0 Å². The molecule has 0 aliphatic heterocycles. The van der Waals surface area contributed by atoms with Crippen LogP contribution in [0, 0.1) is 11.8 Å². The first-order valence-electron chi connectivity index (χ1n) is 8.42. The van der Waals surface area contributed by atoms with Crippen LogP contribution in [0.5, 0.6) is 5.75 Å².